The monoisotopic (exact) mass is 367 g/mol. The van der Waals surface area contributed by atoms with E-state index in [1.165, 1.54) is 26.2 Å². The van der Waals surface area contributed by atoms with Crippen LogP contribution in [0.2, 0.25) is 0 Å². The fraction of sp³-hybridized carbons (Fsp3) is 0.353. The van der Waals surface area contributed by atoms with Crippen LogP contribution in [0.4, 0.5) is 0 Å². The third-order valence-electron chi connectivity index (χ3n) is 3.57. The molecule has 0 fully saturated rings. The summed E-state index contributed by atoms with van der Waals surface area (Å²) in [4.78, 5) is 12.0. The number of rotatable bonds is 7. The van der Waals surface area contributed by atoms with Gasteiger partial charge in [-0.3, -0.25) is 4.79 Å². The van der Waals surface area contributed by atoms with Gasteiger partial charge in [0.05, 0.1) is 13.5 Å². The van der Waals surface area contributed by atoms with Gasteiger partial charge in [0, 0.05) is 14.1 Å². The predicted octanol–water partition coefficient (Wildman–Crippen LogP) is 2.13. The van der Waals surface area contributed by atoms with Gasteiger partial charge < -0.3 is 13.9 Å². The second-order valence-corrected chi connectivity index (χ2v) is 7.73. The third kappa shape index (κ3) is 4.61. The Morgan fingerprint density at radius 3 is 2.56 bits per heavy atom. The van der Waals surface area contributed by atoms with E-state index in [1.54, 1.807) is 13.2 Å². The van der Waals surface area contributed by atoms with E-state index in [9.17, 15) is 13.2 Å². The summed E-state index contributed by atoms with van der Waals surface area (Å²) < 4.78 is 40.5. The first-order valence-electron chi connectivity index (χ1n) is 7.54. The molecule has 0 N–H and O–H groups in total. The lowest BCUT2D eigenvalue weighted by Crippen LogP contribution is -2.21. The Balaban J connectivity index is 1.96. The maximum Gasteiger partial charge on any atom is 0.310 e. The van der Waals surface area contributed by atoms with Crippen molar-refractivity contribution in [1.29, 1.82) is 0 Å². The van der Waals surface area contributed by atoms with Crippen molar-refractivity contribution in [2.75, 3.05) is 21.2 Å². The summed E-state index contributed by atoms with van der Waals surface area (Å²) in [5, 5.41) is -0.188. The maximum absolute atomic E-state index is 12.0. The number of furan rings is 1. The molecule has 0 saturated carbocycles. The van der Waals surface area contributed by atoms with Crippen molar-refractivity contribution in [1.82, 2.24) is 4.31 Å². The molecule has 25 heavy (non-hydrogen) atoms. The standard InChI is InChI=1S/C17H21NO6S/c1-12-5-6-13(9-15(12)22-4)10-16(19)23-11-14-7-8-17(24-14)25(20,21)18(2)3/h5-9H,10-11H2,1-4H3. The van der Waals surface area contributed by atoms with E-state index in [2.05, 4.69) is 0 Å². The Labute approximate surface area is 147 Å². The van der Waals surface area contributed by atoms with Gasteiger partial charge in [0.15, 0.2) is 0 Å². The predicted molar refractivity (Wildman–Crippen MR) is 90.8 cm³/mol. The van der Waals surface area contributed by atoms with Crippen molar-refractivity contribution in [3.8, 4) is 5.75 Å². The zero-order chi connectivity index (χ0) is 18.6. The number of ether oxygens (including phenoxy) is 2. The highest BCUT2D eigenvalue weighted by molar-refractivity contribution is 7.88. The fourth-order valence-electron chi connectivity index (χ4n) is 2.10. The molecule has 0 bridgehead atoms. The van der Waals surface area contributed by atoms with Crippen LogP contribution in [0.25, 0.3) is 0 Å². The highest BCUT2D eigenvalue weighted by Gasteiger charge is 2.21. The van der Waals surface area contributed by atoms with E-state index >= 15 is 0 Å². The molecule has 0 spiro atoms. The molecule has 136 valence electrons. The first kappa shape index (κ1) is 19.0. The molecular weight excluding hydrogens is 346 g/mol. The largest absolute Gasteiger partial charge is 0.496 e. The van der Waals surface area contributed by atoms with Crippen molar-refractivity contribution < 1.29 is 27.1 Å². The summed E-state index contributed by atoms with van der Waals surface area (Å²) >= 11 is 0. The number of aryl methyl sites for hydroxylation is 1. The zero-order valence-electron chi connectivity index (χ0n) is 14.6. The summed E-state index contributed by atoms with van der Waals surface area (Å²) in [5.41, 5.74) is 1.74. The molecule has 7 nitrogen and oxygen atoms in total. The molecule has 0 aliphatic heterocycles. The summed E-state index contributed by atoms with van der Waals surface area (Å²) in [6.07, 6.45) is 0.0835. The van der Waals surface area contributed by atoms with Gasteiger partial charge in [-0.05, 0) is 36.2 Å². The van der Waals surface area contributed by atoms with Crippen LogP contribution in [0.5, 0.6) is 5.75 Å². The highest BCUT2D eigenvalue weighted by atomic mass is 32.2. The average Bonchev–Trinajstić information content (AvgIpc) is 3.04. The molecule has 0 unspecified atom stereocenters. The minimum absolute atomic E-state index is 0.0835. The van der Waals surface area contributed by atoms with Crippen molar-refractivity contribution in [3.05, 3.63) is 47.2 Å². The number of carbonyl (C=O) groups is 1. The molecule has 0 aliphatic carbocycles. The molecule has 8 heteroatoms. The van der Waals surface area contributed by atoms with Crippen LogP contribution in [0.3, 0.4) is 0 Å². The van der Waals surface area contributed by atoms with E-state index in [0.717, 1.165) is 15.4 Å². The number of sulfonamides is 1. The summed E-state index contributed by atoms with van der Waals surface area (Å²) in [7, 11) is 0.748. The summed E-state index contributed by atoms with van der Waals surface area (Å²) in [5.74, 6) is 0.518. The molecular formula is C17H21NO6S. The van der Waals surface area contributed by atoms with E-state index < -0.39 is 16.0 Å². The molecule has 2 rings (SSSR count). The van der Waals surface area contributed by atoms with Crippen LogP contribution < -0.4 is 4.74 Å². The van der Waals surface area contributed by atoms with Crippen LogP contribution >= 0.6 is 0 Å². The first-order chi connectivity index (χ1) is 11.7. The van der Waals surface area contributed by atoms with E-state index in [1.807, 2.05) is 19.1 Å². The lowest BCUT2D eigenvalue weighted by atomic mass is 10.1. The minimum Gasteiger partial charge on any atom is -0.496 e. The quantitative estimate of drug-likeness (QED) is 0.697. The Bertz CT molecular complexity index is 854. The average molecular weight is 367 g/mol. The Morgan fingerprint density at radius 1 is 1.20 bits per heavy atom. The van der Waals surface area contributed by atoms with Gasteiger partial charge in [-0.1, -0.05) is 12.1 Å². The molecule has 0 amide bonds. The van der Waals surface area contributed by atoms with Crippen molar-refractivity contribution in [2.45, 2.75) is 25.0 Å². The van der Waals surface area contributed by atoms with Gasteiger partial charge in [0.25, 0.3) is 10.0 Å². The van der Waals surface area contributed by atoms with Crippen LogP contribution in [-0.2, 0) is 32.6 Å². The number of hydrogen-bond acceptors (Lipinski definition) is 6. The summed E-state index contributed by atoms with van der Waals surface area (Å²) in [6, 6.07) is 8.29. The van der Waals surface area contributed by atoms with Gasteiger partial charge in [-0.25, -0.2) is 12.7 Å². The van der Waals surface area contributed by atoms with Gasteiger partial charge >= 0.3 is 5.97 Å². The smallest absolute Gasteiger partial charge is 0.310 e. The van der Waals surface area contributed by atoms with Crippen molar-refractivity contribution >= 4 is 16.0 Å². The Kier molecular flexibility index (Phi) is 5.86. The summed E-state index contributed by atoms with van der Waals surface area (Å²) in [6.45, 7) is 1.78. The lowest BCUT2D eigenvalue weighted by Gasteiger charge is -2.08. The molecule has 0 atom stereocenters. The number of benzene rings is 1. The number of hydrogen-bond donors (Lipinski definition) is 0. The van der Waals surface area contributed by atoms with Crippen LogP contribution in [0, 0.1) is 6.92 Å². The number of nitrogens with zero attached hydrogens (tertiary/aromatic N) is 1. The van der Waals surface area contributed by atoms with Crippen molar-refractivity contribution in [2.24, 2.45) is 0 Å². The van der Waals surface area contributed by atoms with Gasteiger partial charge in [-0.15, -0.1) is 0 Å². The highest BCUT2D eigenvalue weighted by Crippen LogP contribution is 2.20. The van der Waals surface area contributed by atoms with E-state index in [0.29, 0.717) is 5.75 Å². The van der Waals surface area contributed by atoms with E-state index in [4.69, 9.17) is 13.9 Å². The Hall–Kier alpha value is -2.32. The maximum atomic E-state index is 12.0. The lowest BCUT2D eigenvalue weighted by molar-refractivity contribution is -0.144. The topological polar surface area (TPSA) is 86.0 Å². The van der Waals surface area contributed by atoms with Gasteiger partial charge in [-0.2, -0.15) is 0 Å². The van der Waals surface area contributed by atoms with Crippen molar-refractivity contribution in [3.63, 3.8) is 0 Å². The van der Waals surface area contributed by atoms with E-state index in [-0.39, 0.29) is 23.9 Å². The first-order valence-corrected chi connectivity index (χ1v) is 8.98. The minimum atomic E-state index is -3.64. The number of carbonyl (C=O) groups excluding carboxylic acids is 1. The molecule has 1 aromatic heterocycles. The molecule has 0 aliphatic rings. The second-order valence-electron chi connectivity index (χ2n) is 5.65. The molecule has 2 aromatic rings. The fourth-order valence-corrected chi connectivity index (χ4v) is 2.91. The number of esters is 1. The van der Waals surface area contributed by atoms with Crippen LogP contribution in [-0.4, -0.2) is 39.9 Å². The second kappa shape index (κ2) is 7.71. The van der Waals surface area contributed by atoms with Gasteiger partial charge in [0.2, 0.25) is 5.09 Å². The van der Waals surface area contributed by atoms with Gasteiger partial charge in [0.1, 0.15) is 18.1 Å². The Morgan fingerprint density at radius 2 is 1.92 bits per heavy atom. The van der Waals surface area contributed by atoms with Crippen LogP contribution in [0.1, 0.15) is 16.9 Å². The zero-order valence-corrected chi connectivity index (χ0v) is 15.4. The molecule has 1 heterocycles. The molecule has 0 saturated heterocycles. The number of methoxy groups -OCH3 is 1. The van der Waals surface area contributed by atoms with Crippen LogP contribution in [0.15, 0.2) is 39.8 Å². The SMILES string of the molecule is COc1cc(CC(=O)OCc2ccc(S(=O)(=O)N(C)C)o2)ccc1C. The molecule has 1 aromatic carbocycles. The normalized spacial score (nSPS) is 11.6. The molecule has 0 radical (unpaired) electrons. The third-order valence-corrected chi connectivity index (χ3v) is 5.26.